The van der Waals surface area contributed by atoms with Crippen LogP contribution < -0.4 is 0 Å². The van der Waals surface area contributed by atoms with Gasteiger partial charge in [0.1, 0.15) is 0 Å². The molecule has 0 spiro atoms. The molecule has 1 saturated heterocycles. The fraction of sp³-hybridized carbons (Fsp3) is 0.462. The highest BCUT2D eigenvalue weighted by molar-refractivity contribution is 9.10. The third kappa shape index (κ3) is 2.86. The number of hydrogen-bond acceptors (Lipinski definition) is 2. The van der Waals surface area contributed by atoms with Crippen LogP contribution in [0.4, 0.5) is 0 Å². The molecule has 1 aliphatic heterocycles. The van der Waals surface area contributed by atoms with Crippen molar-refractivity contribution in [2.45, 2.75) is 19.4 Å². The number of aryl methyl sites for hydroxylation is 1. The molecule has 0 saturated carbocycles. The predicted molar refractivity (Wildman–Crippen MR) is 76.7 cm³/mol. The van der Waals surface area contributed by atoms with Crippen LogP contribution in [0.3, 0.4) is 0 Å². The summed E-state index contributed by atoms with van der Waals surface area (Å²) in [5.74, 6) is 2.35. The van der Waals surface area contributed by atoms with Gasteiger partial charge in [-0.1, -0.05) is 22.0 Å². The number of carbonyl (C=O) groups excluding carboxylic acids is 1. The Balaban J connectivity index is 2.15. The number of thioether (sulfide) groups is 1. The van der Waals surface area contributed by atoms with Gasteiger partial charge in [-0.25, -0.2) is 0 Å². The summed E-state index contributed by atoms with van der Waals surface area (Å²) in [6, 6.07) is 6.19. The third-order valence-electron chi connectivity index (χ3n) is 3.19. The molecule has 1 fully saturated rings. The number of hydrogen-bond donors (Lipinski definition) is 0. The highest BCUT2D eigenvalue weighted by Crippen LogP contribution is 2.24. The van der Waals surface area contributed by atoms with Gasteiger partial charge in [-0.15, -0.1) is 0 Å². The van der Waals surface area contributed by atoms with Gasteiger partial charge in [-0.2, -0.15) is 11.8 Å². The largest absolute Gasteiger partial charge is 0.338 e. The normalized spacial score (nSPS) is 19.4. The maximum Gasteiger partial charge on any atom is 0.253 e. The molecular formula is C13H16BrNOS. The van der Waals surface area contributed by atoms with Gasteiger partial charge in [0.25, 0.3) is 5.91 Å². The van der Waals surface area contributed by atoms with E-state index in [1.54, 1.807) is 0 Å². The second-order valence-electron chi connectivity index (χ2n) is 4.40. The Labute approximate surface area is 115 Å². The van der Waals surface area contributed by atoms with E-state index in [1.165, 1.54) is 5.75 Å². The van der Waals surface area contributed by atoms with Crippen LogP contribution in [0.1, 0.15) is 22.3 Å². The quantitative estimate of drug-likeness (QED) is 0.834. The Kier molecular flexibility index (Phi) is 4.15. The van der Waals surface area contributed by atoms with E-state index >= 15 is 0 Å². The second-order valence-corrected chi connectivity index (χ2v) is 6.40. The molecule has 2 rings (SSSR count). The smallest absolute Gasteiger partial charge is 0.253 e. The van der Waals surface area contributed by atoms with Crippen LogP contribution in [-0.4, -0.2) is 35.4 Å². The van der Waals surface area contributed by atoms with E-state index in [0.717, 1.165) is 27.8 Å². The Morgan fingerprint density at radius 2 is 2.29 bits per heavy atom. The molecule has 1 atom stereocenters. The van der Waals surface area contributed by atoms with E-state index in [2.05, 4.69) is 15.9 Å². The fourth-order valence-electron chi connectivity index (χ4n) is 1.92. The zero-order chi connectivity index (χ0) is 12.4. The molecule has 4 heteroatoms. The van der Waals surface area contributed by atoms with Crippen LogP contribution in [0.2, 0.25) is 0 Å². The molecule has 92 valence electrons. The van der Waals surface area contributed by atoms with E-state index < -0.39 is 0 Å². The van der Waals surface area contributed by atoms with Gasteiger partial charge in [-0.3, -0.25) is 4.79 Å². The van der Waals surface area contributed by atoms with Gasteiger partial charge >= 0.3 is 0 Å². The van der Waals surface area contributed by atoms with Crippen molar-refractivity contribution in [2.75, 3.05) is 18.6 Å². The summed E-state index contributed by atoms with van der Waals surface area (Å²) in [5.41, 5.74) is 1.92. The molecule has 17 heavy (non-hydrogen) atoms. The Hall–Kier alpha value is -0.480. The van der Waals surface area contributed by atoms with Crippen molar-refractivity contribution in [3.63, 3.8) is 0 Å². The van der Waals surface area contributed by atoms with Gasteiger partial charge in [0.15, 0.2) is 0 Å². The number of carbonyl (C=O) groups is 1. The van der Waals surface area contributed by atoms with Crippen molar-refractivity contribution >= 4 is 33.6 Å². The highest BCUT2D eigenvalue weighted by Gasteiger charge is 2.24. The van der Waals surface area contributed by atoms with Gasteiger partial charge in [0.05, 0.1) is 0 Å². The van der Waals surface area contributed by atoms with E-state index in [-0.39, 0.29) is 5.91 Å². The maximum absolute atomic E-state index is 12.3. The summed E-state index contributed by atoms with van der Waals surface area (Å²) in [4.78, 5) is 14.2. The molecule has 2 nitrogen and oxygen atoms in total. The molecule has 0 aliphatic carbocycles. The monoisotopic (exact) mass is 313 g/mol. The van der Waals surface area contributed by atoms with Crippen molar-refractivity contribution in [3.8, 4) is 0 Å². The van der Waals surface area contributed by atoms with Crippen LogP contribution in [0.15, 0.2) is 22.7 Å². The standard InChI is InChI=1S/C13H16BrNOS/c1-9-3-4-10(7-12(9)14)13(16)15(2)11-5-6-17-8-11/h3-4,7,11H,5-6,8H2,1-2H3. The maximum atomic E-state index is 12.3. The van der Waals surface area contributed by atoms with Crippen LogP contribution in [0.5, 0.6) is 0 Å². The van der Waals surface area contributed by atoms with Crippen LogP contribution in [0, 0.1) is 6.92 Å². The Morgan fingerprint density at radius 1 is 1.53 bits per heavy atom. The van der Waals surface area contributed by atoms with Crippen molar-refractivity contribution in [3.05, 3.63) is 33.8 Å². The Morgan fingerprint density at radius 3 is 2.88 bits per heavy atom. The molecule has 1 aromatic carbocycles. The molecule has 1 aromatic rings. The van der Waals surface area contributed by atoms with E-state index in [1.807, 2.05) is 48.8 Å². The topological polar surface area (TPSA) is 20.3 Å². The first kappa shape index (κ1) is 13.0. The molecule has 0 N–H and O–H groups in total. The van der Waals surface area contributed by atoms with Crippen molar-refractivity contribution in [2.24, 2.45) is 0 Å². The lowest BCUT2D eigenvalue weighted by molar-refractivity contribution is 0.0748. The van der Waals surface area contributed by atoms with Crippen molar-refractivity contribution in [1.82, 2.24) is 4.90 Å². The zero-order valence-electron chi connectivity index (χ0n) is 10.1. The SMILES string of the molecule is Cc1ccc(C(=O)N(C)C2CCSC2)cc1Br. The second kappa shape index (κ2) is 5.44. The molecule has 0 aromatic heterocycles. The summed E-state index contributed by atoms with van der Waals surface area (Å²) < 4.78 is 0.998. The number of halogens is 1. The lowest BCUT2D eigenvalue weighted by atomic mass is 10.1. The van der Waals surface area contributed by atoms with Crippen LogP contribution in [0.25, 0.3) is 0 Å². The molecule has 0 bridgehead atoms. The fourth-order valence-corrected chi connectivity index (χ4v) is 3.57. The number of benzene rings is 1. The first-order chi connectivity index (χ1) is 8.09. The molecule has 1 aliphatic rings. The Bertz CT molecular complexity index is 429. The van der Waals surface area contributed by atoms with E-state index in [9.17, 15) is 4.79 Å². The summed E-state index contributed by atoms with van der Waals surface area (Å²) in [5, 5.41) is 0. The summed E-state index contributed by atoms with van der Waals surface area (Å²) >= 11 is 5.40. The first-order valence-electron chi connectivity index (χ1n) is 5.70. The van der Waals surface area contributed by atoms with Crippen LogP contribution in [-0.2, 0) is 0 Å². The highest BCUT2D eigenvalue weighted by atomic mass is 79.9. The number of rotatable bonds is 2. The van der Waals surface area contributed by atoms with Gasteiger partial charge in [0.2, 0.25) is 0 Å². The minimum Gasteiger partial charge on any atom is -0.338 e. The average Bonchev–Trinajstić information content (AvgIpc) is 2.84. The predicted octanol–water partition coefficient (Wildman–Crippen LogP) is 3.34. The number of nitrogens with zero attached hydrogens (tertiary/aromatic N) is 1. The van der Waals surface area contributed by atoms with Gasteiger partial charge in [-0.05, 0) is 36.8 Å². The summed E-state index contributed by atoms with van der Waals surface area (Å²) in [7, 11) is 1.91. The average molecular weight is 314 g/mol. The molecule has 1 heterocycles. The van der Waals surface area contributed by atoms with Crippen molar-refractivity contribution < 1.29 is 4.79 Å². The third-order valence-corrected chi connectivity index (χ3v) is 5.19. The minimum atomic E-state index is 0.123. The minimum absolute atomic E-state index is 0.123. The summed E-state index contributed by atoms with van der Waals surface area (Å²) in [6.07, 6.45) is 1.11. The molecular weight excluding hydrogens is 298 g/mol. The lowest BCUT2D eigenvalue weighted by Gasteiger charge is -2.24. The molecule has 1 unspecified atom stereocenters. The van der Waals surface area contributed by atoms with Gasteiger partial charge < -0.3 is 4.90 Å². The van der Waals surface area contributed by atoms with Crippen LogP contribution >= 0.6 is 27.7 Å². The molecule has 0 radical (unpaired) electrons. The van der Waals surface area contributed by atoms with Crippen molar-refractivity contribution in [1.29, 1.82) is 0 Å². The van der Waals surface area contributed by atoms with E-state index in [0.29, 0.717) is 6.04 Å². The van der Waals surface area contributed by atoms with E-state index in [4.69, 9.17) is 0 Å². The zero-order valence-corrected chi connectivity index (χ0v) is 12.5. The number of amides is 1. The molecule has 1 amide bonds. The first-order valence-corrected chi connectivity index (χ1v) is 7.65. The summed E-state index contributed by atoms with van der Waals surface area (Å²) in [6.45, 7) is 2.02. The lowest BCUT2D eigenvalue weighted by Crippen LogP contribution is -2.36. The van der Waals surface area contributed by atoms with Gasteiger partial charge in [0, 0.05) is 28.9 Å².